The van der Waals surface area contributed by atoms with E-state index in [9.17, 15) is 14.4 Å². The summed E-state index contributed by atoms with van der Waals surface area (Å²) in [5, 5.41) is 20.5. The standard InChI is InChI=1S/C23H29B3N8O5/c1-11(35)34(2)10-17-29-22(39-33-17)13-5-4-6-14(19(13)38-3)27-15-9-16(28-20(36)12-7-8-12)31-32-18(15)21(37)30-23(24,25)26/h4-6,9,12H,7-8,10,24-26H2,1-3H3,(H,30,37)(H2,27,28,31,36). The minimum atomic E-state index is -0.515. The first-order valence-electron chi connectivity index (χ1n) is 12.4. The number of nitrogens with one attached hydrogen (secondary N) is 3. The number of aromatic nitrogens is 4. The summed E-state index contributed by atoms with van der Waals surface area (Å²) < 4.78 is 11.1. The number of nitrogens with zero attached hydrogens (tertiary/aromatic N) is 5. The van der Waals surface area contributed by atoms with Gasteiger partial charge in [-0.25, -0.2) is 0 Å². The molecule has 39 heavy (non-hydrogen) atoms. The number of ether oxygens (including phenoxy) is 1. The monoisotopic (exact) mass is 530 g/mol. The van der Waals surface area contributed by atoms with Crippen molar-refractivity contribution in [3.63, 3.8) is 0 Å². The SMILES string of the molecule is BC(B)(B)NC(=O)c1nnc(NC(=O)C2CC2)cc1Nc1cccc(-c2nc(CN(C)C(C)=O)no2)c1OC. The van der Waals surface area contributed by atoms with Crippen molar-refractivity contribution in [2.24, 2.45) is 5.92 Å². The molecule has 4 rings (SSSR count). The van der Waals surface area contributed by atoms with Crippen LogP contribution in [-0.4, -0.2) is 85.9 Å². The third-order valence-electron chi connectivity index (χ3n) is 5.80. The maximum Gasteiger partial charge on any atom is 0.272 e. The number of carbonyl (C=O) groups excluding carboxylic acids is 3. The van der Waals surface area contributed by atoms with Crippen molar-refractivity contribution in [2.75, 3.05) is 24.8 Å². The fourth-order valence-corrected chi connectivity index (χ4v) is 3.61. The van der Waals surface area contributed by atoms with Gasteiger partial charge in [-0.2, -0.15) is 4.98 Å². The fourth-order valence-electron chi connectivity index (χ4n) is 3.61. The molecule has 0 atom stereocenters. The van der Waals surface area contributed by atoms with Crippen LogP contribution in [-0.2, 0) is 16.1 Å². The van der Waals surface area contributed by atoms with Crippen LogP contribution in [0, 0.1) is 5.92 Å². The summed E-state index contributed by atoms with van der Waals surface area (Å²) in [6, 6.07) is 6.80. The zero-order chi connectivity index (χ0) is 28.3. The second kappa shape index (κ2) is 11.2. The lowest BCUT2D eigenvalue weighted by molar-refractivity contribution is -0.128. The highest BCUT2D eigenvalue weighted by molar-refractivity contribution is 6.60. The van der Waals surface area contributed by atoms with Gasteiger partial charge < -0.3 is 30.1 Å². The number of hydrogen-bond donors (Lipinski definition) is 3. The highest BCUT2D eigenvalue weighted by atomic mass is 16.5. The number of carbonyl (C=O) groups is 3. The van der Waals surface area contributed by atoms with Crippen molar-refractivity contribution in [2.45, 2.75) is 31.5 Å². The molecule has 3 aromatic rings. The minimum Gasteiger partial charge on any atom is -0.494 e. The van der Waals surface area contributed by atoms with Crippen LogP contribution in [0.3, 0.4) is 0 Å². The highest BCUT2D eigenvalue weighted by Crippen LogP contribution is 2.38. The van der Waals surface area contributed by atoms with E-state index in [-0.39, 0.29) is 41.7 Å². The Balaban J connectivity index is 1.68. The van der Waals surface area contributed by atoms with Crippen LogP contribution in [0.2, 0.25) is 0 Å². The lowest BCUT2D eigenvalue weighted by Gasteiger charge is -2.21. The number of anilines is 3. The minimum absolute atomic E-state index is 0.0293. The zero-order valence-electron chi connectivity index (χ0n) is 22.8. The first kappa shape index (κ1) is 27.7. The average Bonchev–Trinajstić information content (AvgIpc) is 3.62. The Labute approximate surface area is 228 Å². The predicted molar refractivity (Wildman–Crippen MR) is 151 cm³/mol. The van der Waals surface area contributed by atoms with Gasteiger partial charge in [-0.3, -0.25) is 14.4 Å². The first-order chi connectivity index (χ1) is 18.4. The number of hydrogen-bond acceptors (Lipinski definition) is 10. The number of benzene rings is 1. The van der Waals surface area contributed by atoms with Crippen LogP contribution in [0.1, 0.15) is 36.1 Å². The van der Waals surface area contributed by atoms with Crippen LogP contribution in [0.4, 0.5) is 17.2 Å². The molecule has 1 aliphatic rings. The van der Waals surface area contributed by atoms with Gasteiger partial charge in [0.15, 0.2) is 23.1 Å². The Morgan fingerprint density at radius 1 is 1.18 bits per heavy atom. The topological polar surface area (TPSA) is 164 Å². The number of rotatable bonds is 10. The van der Waals surface area contributed by atoms with E-state index in [1.54, 1.807) is 31.3 Å². The van der Waals surface area contributed by atoms with Crippen LogP contribution in [0.5, 0.6) is 5.75 Å². The normalized spacial score (nSPS) is 12.9. The van der Waals surface area contributed by atoms with E-state index >= 15 is 0 Å². The van der Waals surface area contributed by atoms with E-state index in [0.717, 1.165) is 12.8 Å². The first-order valence-corrected chi connectivity index (χ1v) is 12.4. The Morgan fingerprint density at radius 2 is 1.92 bits per heavy atom. The van der Waals surface area contributed by atoms with E-state index in [2.05, 4.69) is 36.3 Å². The quantitative estimate of drug-likeness (QED) is 0.273. The Bertz CT molecular complexity index is 1410. The Hall–Kier alpha value is -4.36. The maximum atomic E-state index is 13.1. The molecule has 1 saturated carbocycles. The van der Waals surface area contributed by atoms with Gasteiger partial charge in [0.2, 0.25) is 11.8 Å². The lowest BCUT2D eigenvalue weighted by Crippen LogP contribution is -2.50. The molecule has 3 amide bonds. The van der Waals surface area contributed by atoms with Crippen LogP contribution in [0.25, 0.3) is 11.5 Å². The molecule has 1 aliphatic carbocycles. The largest absolute Gasteiger partial charge is 0.494 e. The second-order valence-electron chi connectivity index (χ2n) is 10.4. The molecular formula is C23H29B3N8O5. The summed E-state index contributed by atoms with van der Waals surface area (Å²) in [7, 11) is 8.70. The Morgan fingerprint density at radius 3 is 2.56 bits per heavy atom. The van der Waals surface area contributed by atoms with Crippen molar-refractivity contribution in [3.8, 4) is 17.2 Å². The number of para-hydroxylation sites is 1. The van der Waals surface area contributed by atoms with Gasteiger partial charge in [0.05, 0.1) is 30.6 Å². The summed E-state index contributed by atoms with van der Waals surface area (Å²) in [5.74, 6) is 0.377. The third-order valence-corrected chi connectivity index (χ3v) is 5.80. The van der Waals surface area contributed by atoms with Crippen molar-refractivity contribution in [1.82, 2.24) is 30.6 Å². The smallest absolute Gasteiger partial charge is 0.272 e. The van der Waals surface area contributed by atoms with Gasteiger partial charge >= 0.3 is 0 Å². The van der Waals surface area contributed by atoms with Gasteiger partial charge in [0.25, 0.3) is 11.8 Å². The van der Waals surface area contributed by atoms with E-state index in [1.807, 2.05) is 23.5 Å². The molecule has 2 aromatic heterocycles. The average molecular weight is 530 g/mol. The van der Waals surface area contributed by atoms with E-state index in [4.69, 9.17) is 9.26 Å². The molecule has 1 aromatic carbocycles. The molecule has 0 aliphatic heterocycles. The van der Waals surface area contributed by atoms with Gasteiger partial charge in [0, 0.05) is 26.0 Å². The molecule has 0 bridgehead atoms. The molecule has 16 heteroatoms. The summed E-state index contributed by atoms with van der Waals surface area (Å²) in [4.78, 5) is 42.8. The Kier molecular flexibility index (Phi) is 7.93. The van der Waals surface area contributed by atoms with Crippen molar-refractivity contribution in [3.05, 3.63) is 35.8 Å². The highest BCUT2D eigenvalue weighted by Gasteiger charge is 2.30. The summed E-state index contributed by atoms with van der Waals surface area (Å²) >= 11 is 0. The number of methoxy groups -OCH3 is 1. The fraction of sp³-hybridized carbons (Fsp3) is 0.348. The van der Waals surface area contributed by atoms with Gasteiger partial charge in [0.1, 0.15) is 23.5 Å². The summed E-state index contributed by atoms with van der Waals surface area (Å²) in [6.45, 7) is 1.63. The molecule has 200 valence electrons. The molecular weight excluding hydrogens is 501 g/mol. The summed E-state index contributed by atoms with van der Waals surface area (Å²) in [5.41, 5.74) is 1.32. The van der Waals surface area contributed by atoms with E-state index in [0.29, 0.717) is 28.5 Å². The second-order valence-corrected chi connectivity index (χ2v) is 10.4. The molecule has 3 N–H and O–H groups in total. The molecule has 13 nitrogen and oxygen atoms in total. The van der Waals surface area contributed by atoms with Crippen molar-refractivity contribution in [1.29, 1.82) is 0 Å². The van der Waals surface area contributed by atoms with Crippen molar-refractivity contribution >= 4 is 58.5 Å². The molecule has 0 spiro atoms. The van der Waals surface area contributed by atoms with E-state index in [1.165, 1.54) is 18.9 Å². The third kappa shape index (κ3) is 6.95. The molecule has 0 saturated heterocycles. The maximum absolute atomic E-state index is 13.1. The van der Waals surface area contributed by atoms with Crippen molar-refractivity contribution < 1.29 is 23.6 Å². The van der Waals surface area contributed by atoms with Crippen LogP contribution in [0.15, 0.2) is 28.8 Å². The molecule has 1 fully saturated rings. The molecule has 0 radical (unpaired) electrons. The zero-order valence-corrected chi connectivity index (χ0v) is 22.8. The summed E-state index contributed by atoms with van der Waals surface area (Å²) in [6.07, 6.45) is 1.67. The van der Waals surface area contributed by atoms with Gasteiger partial charge in [-0.05, 0) is 30.2 Å². The number of amides is 3. The molecule has 2 heterocycles. The van der Waals surface area contributed by atoms with Gasteiger partial charge in [-0.15, -0.1) is 10.2 Å². The lowest BCUT2D eigenvalue weighted by atomic mass is 9.49. The van der Waals surface area contributed by atoms with Crippen LogP contribution < -0.4 is 20.7 Å². The van der Waals surface area contributed by atoms with E-state index < -0.39 is 11.1 Å². The molecule has 0 unspecified atom stereocenters. The van der Waals surface area contributed by atoms with Gasteiger partial charge in [-0.1, -0.05) is 11.2 Å². The predicted octanol–water partition coefficient (Wildman–Crippen LogP) is -1.15. The van der Waals surface area contributed by atoms with Crippen LogP contribution >= 0.6 is 0 Å².